The van der Waals surface area contributed by atoms with Crippen LogP contribution >= 0.6 is 0 Å². The molecule has 6 aromatic rings. The highest BCUT2D eigenvalue weighted by Gasteiger charge is 2.62. The SMILES string of the molecule is C[Si]1(C)c2ccccc2-c2ccc3c(c21)-c1ccc(-c2cccc(-c4nc5ccccc5o4)n2)cc1C31C2CC3CC(C2)CC1C3. The summed E-state index contributed by atoms with van der Waals surface area (Å²) in [5.74, 6) is 3.87. The lowest BCUT2D eigenvalue weighted by molar-refractivity contribution is -0.0399. The van der Waals surface area contributed by atoms with Crippen LogP contribution in [-0.2, 0) is 5.41 Å². The Kier molecular flexibility index (Phi) is 4.91. The molecule has 0 amide bonds. The van der Waals surface area contributed by atoms with Crippen molar-refractivity contribution in [1.82, 2.24) is 9.97 Å². The van der Waals surface area contributed by atoms with Crippen LogP contribution in [0.4, 0.5) is 0 Å². The van der Waals surface area contributed by atoms with Gasteiger partial charge in [0.05, 0.1) is 5.69 Å². The van der Waals surface area contributed by atoms with Gasteiger partial charge in [0.15, 0.2) is 5.58 Å². The van der Waals surface area contributed by atoms with E-state index in [4.69, 9.17) is 14.4 Å². The first-order valence-corrected chi connectivity index (χ1v) is 20.3. The number of benzene rings is 4. The second-order valence-electron chi connectivity index (χ2n) is 15.4. The van der Waals surface area contributed by atoms with E-state index in [1.54, 1.807) is 27.1 Å². The average Bonchev–Trinajstić information content (AvgIpc) is 3.71. The van der Waals surface area contributed by atoms with Gasteiger partial charge in [0.2, 0.25) is 5.89 Å². The summed E-state index contributed by atoms with van der Waals surface area (Å²) in [5.41, 5.74) is 14.1. The Balaban J connectivity index is 1.13. The van der Waals surface area contributed by atoms with E-state index in [1.807, 2.05) is 30.3 Å². The second kappa shape index (κ2) is 8.74. The fourth-order valence-corrected chi connectivity index (χ4v) is 14.9. The summed E-state index contributed by atoms with van der Waals surface area (Å²) < 4.78 is 6.13. The summed E-state index contributed by atoms with van der Waals surface area (Å²) in [7, 11) is -1.89. The van der Waals surface area contributed by atoms with Crippen LogP contribution in [0, 0.1) is 23.7 Å². The molecule has 0 saturated heterocycles. The number of fused-ring (bicyclic) bond motifs is 8. The summed E-state index contributed by atoms with van der Waals surface area (Å²) in [5, 5.41) is 3.28. The summed E-state index contributed by atoms with van der Waals surface area (Å²) in [6.07, 6.45) is 7.02. The van der Waals surface area contributed by atoms with Gasteiger partial charge in [-0.2, -0.15) is 0 Å². The number of nitrogens with zero attached hydrogens (tertiary/aromatic N) is 2. The Morgan fingerprint density at radius 3 is 2.22 bits per heavy atom. The molecule has 1 spiro atoms. The van der Waals surface area contributed by atoms with Crippen molar-refractivity contribution in [3.63, 3.8) is 0 Å². The first kappa shape index (κ1) is 25.9. The van der Waals surface area contributed by atoms with Gasteiger partial charge < -0.3 is 4.42 Å². The second-order valence-corrected chi connectivity index (χ2v) is 19.7. The van der Waals surface area contributed by atoms with Crippen LogP contribution < -0.4 is 10.4 Å². The van der Waals surface area contributed by atoms with E-state index in [2.05, 4.69) is 79.8 Å². The molecule has 224 valence electrons. The molecule has 46 heavy (non-hydrogen) atoms. The van der Waals surface area contributed by atoms with Crippen LogP contribution in [0.5, 0.6) is 0 Å². The van der Waals surface area contributed by atoms with Crippen molar-refractivity contribution in [2.75, 3.05) is 0 Å². The zero-order valence-corrected chi connectivity index (χ0v) is 27.4. The topological polar surface area (TPSA) is 38.9 Å². The van der Waals surface area contributed by atoms with Gasteiger partial charge in [-0.25, -0.2) is 9.97 Å². The molecule has 4 fully saturated rings. The molecule has 4 aromatic carbocycles. The van der Waals surface area contributed by atoms with E-state index in [-0.39, 0.29) is 5.41 Å². The van der Waals surface area contributed by atoms with E-state index in [0.717, 1.165) is 46.2 Å². The van der Waals surface area contributed by atoms with E-state index < -0.39 is 8.07 Å². The van der Waals surface area contributed by atoms with Gasteiger partial charge in [-0.05, 0) is 130 Å². The summed E-state index contributed by atoms with van der Waals surface area (Å²) in [6, 6.07) is 36.0. The third-order valence-corrected chi connectivity index (χ3v) is 16.4. The number of hydrogen-bond acceptors (Lipinski definition) is 3. The molecule has 0 radical (unpaired) electrons. The van der Waals surface area contributed by atoms with Gasteiger partial charge in [-0.15, -0.1) is 0 Å². The Labute approximate surface area is 270 Å². The molecule has 0 N–H and O–H groups in total. The molecule has 12 rings (SSSR count). The highest BCUT2D eigenvalue weighted by atomic mass is 28.3. The van der Waals surface area contributed by atoms with Crippen molar-refractivity contribution in [2.24, 2.45) is 23.7 Å². The van der Waals surface area contributed by atoms with Gasteiger partial charge in [0.1, 0.15) is 19.3 Å². The zero-order chi connectivity index (χ0) is 30.4. The van der Waals surface area contributed by atoms with E-state index >= 15 is 0 Å². The standard InChI is InChI=1S/C42H36N2OSi/c1-46(2)38-13-6-3-8-29(38)30-16-17-32-39(40(30)46)31-15-14-26(23-33(31)42(32)27-19-24-18-25(21-27)22-28(42)20-24)34-10-7-11-36(43-34)41-44-35-9-4-5-12-37(35)45-41/h3-17,23-25,27-28H,18-22H2,1-2H3. The first-order chi connectivity index (χ1) is 22.5. The van der Waals surface area contributed by atoms with Crippen LogP contribution in [0.15, 0.2) is 101 Å². The molecule has 4 bridgehead atoms. The fourth-order valence-electron chi connectivity index (χ4n) is 11.4. The Morgan fingerprint density at radius 2 is 1.39 bits per heavy atom. The van der Waals surface area contributed by atoms with Crippen LogP contribution in [0.1, 0.15) is 43.2 Å². The molecule has 5 aliphatic carbocycles. The Morgan fingerprint density at radius 1 is 0.652 bits per heavy atom. The maximum atomic E-state index is 6.13. The summed E-state index contributed by atoms with van der Waals surface area (Å²) >= 11 is 0. The molecule has 4 saturated carbocycles. The molecule has 1 aliphatic heterocycles. The molecule has 4 heteroatoms. The van der Waals surface area contributed by atoms with Crippen LogP contribution in [0.2, 0.25) is 13.1 Å². The minimum atomic E-state index is -1.89. The summed E-state index contributed by atoms with van der Waals surface area (Å²) in [6.45, 7) is 5.19. The van der Waals surface area contributed by atoms with Crippen LogP contribution in [-0.4, -0.2) is 18.0 Å². The first-order valence-electron chi connectivity index (χ1n) is 17.3. The minimum Gasteiger partial charge on any atom is -0.435 e. The minimum absolute atomic E-state index is 0.111. The van der Waals surface area contributed by atoms with Crippen LogP contribution in [0.3, 0.4) is 0 Å². The monoisotopic (exact) mass is 612 g/mol. The highest BCUT2D eigenvalue weighted by Crippen LogP contribution is 2.69. The number of pyridine rings is 1. The van der Waals surface area contributed by atoms with Gasteiger partial charge in [-0.3, -0.25) is 0 Å². The third-order valence-electron chi connectivity index (χ3n) is 12.9. The maximum absolute atomic E-state index is 6.13. The predicted molar refractivity (Wildman–Crippen MR) is 188 cm³/mol. The number of aromatic nitrogens is 2. The molecular weight excluding hydrogens is 577 g/mol. The molecule has 3 heterocycles. The number of rotatable bonds is 2. The molecule has 0 atom stereocenters. The maximum Gasteiger partial charge on any atom is 0.246 e. The van der Waals surface area contributed by atoms with Crippen LogP contribution in [0.25, 0.3) is 56.2 Å². The molecule has 0 unspecified atom stereocenters. The predicted octanol–water partition coefficient (Wildman–Crippen LogP) is 9.08. The van der Waals surface area contributed by atoms with Crippen molar-refractivity contribution in [2.45, 2.75) is 50.6 Å². The lowest BCUT2D eigenvalue weighted by atomic mass is 9.43. The van der Waals surface area contributed by atoms with Crippen molar-refractivity contribution in [3.8, 4) is 45.1 Å². The van der Waals surface area contributed by atoms with Crippen molar-refractivity contribution in [1.29, 1.82) is 0 Å². The zero-order valence-electron chi connectivity index (χ0n) is 26.4. The van der Waals surface area contributed by atoms with E-state index in [0.29, 0.717) is 5.89 Å². The van der Waals surface area contributed by atoms with Gasteiger partial charge in [-0.1, -0.05) is 79.8 Å². The van der Waals surface area contributed by atoms with E-state index in [1.165, 1.54) is 54.4 Å². The van der Waals surface area contributed by atoms with E-state index in [9.17, 15) is 0 Å². The van der Waals surface area contributed by atoms with Gasteiger partial charge >= 0.3 is 0 Å². The van der Waals surface area contributed by atoms with Crippen molar-refractivity contribution >= 4 is 29.5 Å². The smallest absolute Gasteiger partial charge is 0.246 e. The lowest BCUT2D eigenvalue weighted by Crippen LogP contribution is -2.55. The lowest BCUT2D eigenvalue weighted by Gasteiger charge is -2.61. The Bertz CT molecular complexity index is 2220. The molecule has 6 aliphatic rings. The normalized spacial score (nSPS) is 27.2. The summed E-state index contributed by atoms with van der Waals surface area (Å²) in [4.78, 5) is 9.93. The molecular formula is C42H36N2OSi. The highest BCUT2D eigenvalue weighted by molar-refractivity contribution is 7.04. The fraction of sp³-hybridized carbons (Fsp3) is 0.286. The number of hydrogen-bond donors (Lipinski definition) is 0. The number of oxazole rings is 1. The average molecular weight is 613 g/mol. The van der Waals surface area contributed by atoms with Gasteiger partial charge in [0, 0.05) is 11.0 Å². The van der Waals surface area contributed by atoms with Gasteiger partial charge in [0.25, 0.3) is 0 Å². The quantitative estimate of drug-likeness (QED) is 0.183. The molecule has 3 nitrogen and oxygen atoms in total. The largest absolute Gasteiger partial charge is 0.435 e. The van der Waals surface area contributed by atoms with Crippen molar-refractivity contribution in [3.05, 3.63) is 108 Å². The third kappa shape index (κ3) is 3.14. The number of para-hydroxylation sites is 2. The van der Waals surface area contributed by atoms with Crippen molar-refractivity contribution < 1.29 is 4.42 Å². The Hall–Kier alpha value is -4.28. The molecule has 2 aromatic heterocycles.